The van der Waals surface area contributed by atoms with Gasteiger partial charge in [0.2, 0.25) is 0 Å². The van der Waals surface area contributed by atoms with Crippen LogP contribution in [0.4, 0.5) is 0 Å². The standard InChI is InChI=1S/C17H30O2/c1-3-5-9-18-12-16-14-7-8-15(11-14)17(16)13-19-10-6-4-2/h7-8,14-17H,3-6,9-13H2,1-2H3. The Balaban J connectivity index is 1.73. The van der Waals surface area contributed by atoms with Crippen LogP contribution in [0.3, 0.4) is 0 Å². The highest BCUT2D eigenvalue weighted by molar-refractivity contribution is 5.13. The first-order valence-corrected chi connectivity index (χ1v) is 8.20. The molecule has 0 radical (unpaired) electrons. The fourth-order valence-corrected chi connectivity index (χ4v) is 3.45. The van der Waals surface area contributed by atoms with Gasteiger partial charge in [-0.05, 0) is 42.9 Å². The lowest BCUT2D eigenvalue weighted by Crippen LogP contribution is -2.28. The van der Waals surface area contributed by atoms with Gasteiger partial charge in [0.15, 0.2) is 0 Å². The van der Waals surface area contributed by atoms with E-state index in [1.54, 1.807) is 0 Å². The third kappa shape index (κ3) is 4.06. The van der Waals surface area contributed by atoms with Crippen LogP contribution in [0.2, 0.25) is 0 Å². The maximum atomic E-state index is 5.88. The van der Waals surface area contributed by atoms with Gasteiger partial charge in [0.1, 0.15) is 0 Å². The van der Waals surface area contributed by atoms with E-state index in [9.17, 15) is 0 Å². The molecular weight excluding hydrogens is 236 g/mol. The van der Waals surface area contributed by atoms with Crippen molar-refractivity contribution in [2.75, 3.05) is 26.4 Å². The Hall–Kier alpha value is -0.340. The molecule has 2 aliphatic rings. The molecule has 1 saturated carbocycles. The molecule has 110 valence electrons. The van der Waals surface area contributed by atoms with Crippen LogP contribution in [0.15, 0.2) is 12.2 Å². The summed E-state index contributed by atoms with van der Waals surface area (Å²) >= 11 is 0. The second-order valence-corrected chi connectivity index (χ2v) is 6.13. The summed E-state index contributed by atoms with van der Waals surface area (Å²) in [5, 5.41) is 0. The lowest BCUT2D eigenvalue weighted by molar-refractivity contribution is 0.0266. The second-order valence-electron chi connectivity index (χ2n) is 6.13. The Morgan fingerprint density at radius 2 is 1.32 bits per heavy atom. The molecule has 2 rings (SSSR count). The molecule has 4 unspecified atom stereocenters. The van der Waals surface area contributed by atoms with Crippen LogP contribution in [-0.4, -0.2) is 26.4 Å². The van der Waals surface area contributed by atoms with Crippen molar-refractivity contribution in [2.45, 2.75) is 46.0 Å². The van der Waals surface area contributed by atoms with E-state index in [0.29, 0.717) is 11.8 Å². The molecule has 0 aromatic carbocycles. The molecule has 2 bridgehead atoms. The molecule has 0 aromatic rings. The topological polar surface area (TPSA) is 18.5 Å². The van der Waals surface area contributed by atoms with E-state index in [1.807, 2.05) is 0 Å². The summed E-state index contributed by atoms with van der Waals surface area (Å²) in [7, 11) is 0. The molecule has 0 heterocycles. The highest BCUT2D eigenvalue weighted by Gasteiger charge is 2.44. The SMILES string of the molecule is CCCCOCC1C2C=CC(C2)C1COCCCC. The van der Waals surface area contributed by atoms with Crippen molar-refractivity contribution in [3.63, 3.8) is 0 Å². The van der Waals surface area contributed by atoms with E-state index in [0.717, 1.165) is 38.3 Å². The van der Waals surface area contributed by atoms with E-state index in [2.05, 4.69) is 26.0 Å². The molecule has 1 fully saturated rings. The van der Waals surface area contributed by atoms with Gasteiger partial charge >= 0.3 is 0 Å². The zero-order valence-electron chi connectivity index (χ0n) is 12.6. The lowest BCUT2D eigenvalue weighted by Gasteiger charge is -2.27. The third-order valence-corrected chi connectivity index (χ3v) is 4.70. The molecule has 0 N–H and O–H groups in total. The maximum absolute atomic E-state index is 5.88. The summed E-state index contributed by atoms with van der Waals surface area (Å²) in [6, 6.07) is 0. The molecule has 0 amide bonds. The number of ether oxygens (including phenoxy) is 2. The quantitative estimate of drug-likeness (QED) is 0.438. The van der Waals surface area contributed by atoms with Crippen LogP contribution in [0.25, 0.3) is 0 Å². The van der Waals surface area contributed by atoms with Gasteiger partial charge in [-0.2, -0.15) is 0 Å². The van der Waals surface area contributed by atoms with Gasteiger partial charge in [-0.1, -0.05) is 38.8 Å². The first-order valence-electron chi connectivity index (χ1n) is 8.20. The average Bonchev–Trinajstić information content (AvgIpc) is 3.01. The van der Waals surface area contributed by atoms with Crippen LogP contribution in [0.5, 0.6) is 0 Å². The van der Waals surface area contributed by atoms with Crippen molar-refractivity contribution in [1.82, 2.24) is 0 Å². The molecule has 2 nitrogen and oxygen atoms in total. The molecule has 0 spiro atoms. The fourth-order valence-electron chi connectivity index (χ4n) is 3.45. The maximum Gasteiger partial charge on any atom is 0.0503 e. The highest BCUT2D eigenvalue weighted by atomic mass is 16.5. The Bertz CT molecular complexity index is 248. The first kappa shape index (κ1) is 15.1. The third-order valence-electron chi connectivity index (χ3n) is 4.70. The monoisotopic (exact) mass is 266 g/mol. The number of unbranched alkanes of at least 4 members (excludes halogenated alkanes) is 2. The van der Waals surface area contributed by atoms with Gasteiger partial charge in [-0.3, -0.25) is 0 Å². The lowest BCUT2D eigenvalue weighted by atomic mass is 9.84. The number of rotatable bonds is 10. The van der Waals surface area contributed by atoms with E-state index in [4.69, 9.17) is 9.47 Å². The summed E-state index contributed by atoms with van der Waals surface area (Å²) in [5.41, 5.74) is 0. The predicted molar refractivity (Wildman–Crippen MR) is 79.2 cm³/mol. The molecule has 2 heteroatoms. The minimum atomic E-state index is 0.702. The molecule has 4 atom stereocenters. The molecule has 0 saturated heterocycles. The molecular formula is C17H30O2. The first-order chi connectivity index (χ1) is 9.36. The Morgan fingerprint density at radius 1 is 0.842 bits per heavy atom. The average molecular weight is 266 g/mol. The summed E-state index contributed by atoms with van der Waals surface area (Å²) < 4.78 is 11.8. The Labute approximate surface area is 118 Å². The second kappa shape index (κ2) is 8.06. The van der Waals surface area contributed by atoms with E-state index >= 15 is 0 Å². The van der Waals surface area contributed by atoms with Crippen molar-refractivity contribution < 1.29 is 9.47 Å². The van der Waals surface area contributed by atoms with Gasteiger partial charge in [0, 0.05) is 13.2 Å². The van der Waals surface area contributed by atoms with Gasteiger partial charge < -0.3 is 9.47 Å². The van der Waals surface area contributed by atoms with Crippen molar-refractivity contribution in [2.24, 2.45) is 23.7 Å². The van der Waals surface area contributed by atoms with Crippen LogP contribution < -0.4 is 0 Å². The Morgan fingerprint density at radius 3 is 1.74 bits per heavy atom. The van der Waals surface area contributed by atoms with Crippen LogP contribution >= 0.6 is 0 Å². The zero-order chi connectivity index (χ0) is 13.5. The van der Waals surface area contributed by atoms with Gasteiger partial charge in [0.25, 0.3) is 0 Å². The molecule has 19 heavy (non-hydrogen) atoms. The van der Waals surface area contributed by atoms with E-state index in [-0.39, 0.29) is 0 Å². The molecule has 2 aliphatic carbocycles. The van der Waals surface area contributed by atoms with Crippen LogP contribution in [0.1, 0.15) is 46.0 Å². The minimum absolute atomic E-state index is 0.702. The summed E-state index contributed by atoms with van der Waals surface area (Å²) in [6.45, 7) is 8.16. The van der Waals surface area contributed by atoms with Crippen LogP contribution in [-0.2, 0) is 9.47 Å². The van der Waals surface area contributed by atoms with Gasteiger partial charge in [-0.25, -0.2) is 0 Å². The largest absolute Gasteiger partial charge is 0.381 e. The Kier molecular flexibility index (Phi) is 6.39. The summed E-state index contributed by atoms with van der Waals surface area (Å²) in [4.78, 5) is 0. The van der Waals surface area contributed by atoms with Gasteiger partial charge in [0.05, 0.1) is 13.2 Å². The number of hydrogen-bond acceptors (Lipinski definition) is 2. The summed E-state index contributed by atoms with van der Waals surface area (Å²) in [6.07, 6.45) is 11.0. The van der Waals surface area contributed by atoms with Crippen molar-refractivity contribution in [1.29, 1.82) is 0 Å². The number of fused-ring (bicyclic) bond motifs is 2. The summed E-state index contributed by atoms with van der Waals surface area (Å²) in [5.74, 6) is 2.92. The predicted octanol–water partition coefficient (Wildman–Crippen LogP) is 4.06. The highest BCUT2D eigenvalue weighted by Crippen LogP contribution is 2.48. The van der Waals surface area contributed by atoms with E-state index in [1.165, 1.54) is 32.1 Å². The van der Waals surface area contributed by atoms with E-state index < -0.39 is 0 Å². The van der Waals surface area contributed by atoms with Gasteiger partial charge in [-0.15, -0.1) is 0 Å². The molecule has 0 aromatic heterocycles. The van der Waals surface area contributed by atoms with Crippen molar-refractivity contribution in [3.8, 4) is 0 Å². The minimum Gasteiger partial charge on any atom is -0.381 e. The van der Waals surface area contributed by atoms with Crippen molar-refractivity contribution in [3.05, 3.63) is 12.2 Å². The normalized spacial score (nSPS) is 32.3. The van der Waals surface area contributed by atoms with Crippen LogP contribution in [0, 0.1) is 23.7 Å². The number of hydrogen-bond donors (Lipinski definition) is 0. The molecule has 0 aliphatic heterocycles. The fraction of sp³-hybridized carbons (Fsp3) is 0.882. The zero-order valence-corrected chi connectivity index (χ0v) is 12.6. The number of allylic oxidation sites excluding steroid dienone is 2. The van der Waals surface area contributed by atoms with Crippen molar-refractivity contribution >= 4 is 0 Å². The smallest absolute Gasteiger partial charge is 0.0503 e.